The van der Waals surface area contributed by atoms with E-state index in [1.807, 2.05) is 0 Å². The van der Waals surface area contributed by atoms with Crippen molar-refractivity contribution in [2.45, 2.75) is 19.5 Å². The Labute approximate surface area is 98.6 Å². The van der Waals surface area contributed by atoms with Gasteiger partial charge in [-0.3, -0.25) is 4.79 Å². The maximum absolute atomic E-state index is 11.9. The van der Waals surface area contributed by atoms with Crippen LogP contribution < -0.4 is 5.56 Å². The number of aryl methyl sites for hydroxylation is 1. The summed E-state index contributed by atoms with van der Waals surface area (Å²) >= 11 is 0. The predicted molar refractivity (Wildman–Crippen MR) is 52.9 cm³/mol. The number of aromatic amines is 1. The molecule has 8 heteroatoms. The molecule has 18 heavy (non-hydrogen) atoms. The van der Waals surface area contributed by atoms with Gasteiger partial charge in [-0.2, -0.15) is 13.2 Å². The van der Waals surface area contributed by atoms with Gasteiger partial charge >= 0.3 is 18.1 Å². The molecule has 0 amide bonds. The molecule has 1 aromatic rings. The van der Waals surface area contributed by atoms with Gasteiger partial charge in [-0.15, -0.1) is 0 Å². The highest BCUT2D eigenvalue weighted by Gasteiger charge is 2.42. The number of pyridine rings is 1. The van der Waals surface area contributed by atoms with Crippen LogP contribution in [0.15, 0.2) is 17.1 Å². The molecule has 0 saturated heterocycles. The van der Waals surface area contributed by atoms with Crippen molar-refractivity contribution in [3.8, 4) is 0 Å². The number of carbonyl (C=O) groups excluding carboxylic acids is 2. The number of hydrogen-bond donors (Lipinski definition) is 1. The minimum absolute atomic E-state index is 0.449. The summed E-state index contributed by atoms with van der Waals surface area (Å²) in [6.45, 7) is 1.71. The summed E-state index contributed by atoms with van der Waals surface area (Å²) in [5, 5.41) is 0. The number of hydrogen-bond acceptors (Lipinski definition) is 4. The van der Waals surface area contributed by atoms with Crippen molar-refractivity contribution in [3.05, 3.63) is 33.7 Å². The van der Waals surface area contributed by atoms with Crippen LogP contribution in [0.1, 0.15) is 22.8 Å². The molecule has 5 nitrogen and oxygen atoms in total. The third-order valence-electron chi connectivity index (χ3n) is 2.01. The zero-order chi connectivity index (χ0) is 13.9. The highest BCUT2D eigenvalue weighted by molar-refractivity contribution is 5.97. The first-order chi connectivity index (χ1) is 8.25. The first-order valence-electron chi connectivity index (χ1n) is 4.80. The number of H-pyrrole nitrogens is 1. The molecule has 0 aliphatic heterocycles. The van der Waals surface area contributed by atoms with Crippen LogP contribution in [0.4, 0.5) is 13.2 Å². The molecule has 1 aromatic heterocycles. The number of aromatic nitrogens is 1. The molecule has 1 N–H and O–H groups in total. The highest BCUT2D eigenvalue weighted by Crippen LogP contribution is 2.17. The van der Waals surface area contributed by atoms with E-state index in [-0.39, 0.29) is 0 Å². The Morgan fingerprint density at radius 2 is 2.00 bits per heavy atom. The first-order valence-corrected chi connectivity index (χ1v) is 4.80. The monoisotopic (exact) mass is 263 g/mol. The number of carbonyl (C=O) groups is 2. The van der Waals surface area contributed by atoms with Crippen LogP contribution in [-0.4, -0.2) is 23.1 Å². The molecule has 0 radical (unpaired) electrons. The fourth-order valence-electron chi connectivity index (χ4n) is 1.08. The average Bonchev–Trinajstić information content (AvgIpc) is 2.28. The van der Waals surface area contributed by atoms with Gasteiger partial charge < -0.3 is 9.72 Å². The Morgan fingerprint density at radius 3 is 2.50 bits per heavy atom. The molecule has 0 bridgehead atoms. The van der Waals surface area contributed by atoms with Gasteiger partial charge in [-0.25, -0.2) is 9.59 Å². The van der Waals surface area contributed by atoms with E-state index in [2.05, 4.69) is 9.72 Å². The molecule has 0 fully saturated rings. The second kappa shape index (κ2) is 5.03. The largest absolute Gasteiger partial charge is 0.491 e. The van der Waals surface area contributed by atoms with Crippen molar-refractivity contribution in [2.24, 2.45) is 0 Å². The van der Waals surface area contributed by atoms with E-state index in [0.29, 0.717) is 12.0 Å². The van der Waals surface area contributed by atoms with Gasteiger partial charge in [0.25, 0.3) is 5.56 Å². The van der Waals surface area contributed by atoms with Gasteiger partial charge in [-0.05, 0) is 18.1 Å². The van der Waals surface area contributed by atoms with E-state index in [0.717, 1.165) is 6.07 Å². The molecule has 0 spiro atoms. The van der Waals surface area contributed by atoms with Crippen LogP contribution in [0.25, 0.3) is 0 Å². The van der Waals surface area contributed by atoms with Gasteiger partial charge in [0.05, 0.1) is 0 Å². The summed E-state index contributed by atoms with van der Waals surface area (Å²) in [5.74, 6) is -4.29. The van der Waals surface area contributed by atoms with Crippen LogP contribution in [0.3, 0.4) is 0 Å². The highest BCUT2D eigenvalue weighted by atomic mass is 19.4. The summed E-state index contributed by atoms with van der Waals surface area (Å²) in [4.78, 5) is 35.0. The number of rotatable bonds is 2. The third kappa shape index (κ3) is 3.19. The Bertz CT molecular complexity index is 533. The smallest absolute Gasteiger partial charge is 0.382 e. The summed E-state index contributed by atoms with van der Waals surface area (Å²) in [6.07, 6.45) is -3.53. The molecular formula is C10H8F3NO4. The van der Waals surface area contributed by atoms with E-state index >= 15 is 0 Å². The van der Waals surface area contributed by atoms with Crippen LogP contribution in [0.2, 0.25) is 0 Å². The molecule has 98 valence electrons. The molecule has 0 aliphatic carbocycles. The van der Waals surface area contributed by atoms with E-state index in [4.69, 9.17) is 0 Å². The van der Waals surface area contributed by atoms with Crippen LogP contribution in [0.5, 0.6) is 0 Å². The van der Waals surface area contributed by atoms with E-state index in [1.165, 1.54) is 6.20 Å². The van der Waals surface area contributed by atoms with Crippen molar-refractivity contribution in [1.29, 1.82) is 0 Å². The van der Waals surface area contributed by atoms with E-state index in [1.54, 1.807) is 6.92 Å². The number of alkyl halides is 3. The topological polar surface area (TPSA) is 76.2 Å². The standard InChI is InChI=1S/C10H8F3NO4/c1-2-5-3-6(7(15)14-4-5)8(16)18-9(17)10(11,12)13/h3-4H,2H2,1H3,(H,14,15). The lowest BCUT2D eigenvalue weighted by Gasteiger charge is -2.05. The van der Waals surface area contributed by atoms with E-state index < -0.39 is 29.2 Å². The molecule has 0 atom stereocenters. The molecule has 0 saturated carbocycles. The zero-order valence-electron chi connectivity index (χ0n) is 9.13. The molecule has 1 heterocycles. The van der Waals surface area contributed by atoms with E-state index in [9.17, 15) is 27.6 Å². The number of esters is 2. The number of ether oxygens (including phenoxy) is 1. The van der Waals surface area contributed by atoms with Crippen molar-refractivity contribution in [2.75, 3.05) is 0 Å². The predicted octanol–water partition coefficient (Wildman–Crippen LogP) is 1.18. The Balaban J connectivity index is 2.98. The molecule has 0 aliphatic rings. The normalized spacial score (nSPS) is 11.1. The Hall–Kier alpha value is -2.12. The maximum Gasteiger partial charge on any atom is 0.491 e. The van der Waals surface area contributed by atoms with Crippen molar-refractivity contribution in [1.82, 2.24) is 4.98 Å². The lowest BCUT2D eigenvalue weighted by atomic mass is 10.1. The molecule has 0 aromatic carbocycles. The summed E-state index contributed by atoms with van der Waals surface area (Å²) in [7, 11) is 0. The minimum atomic E-state index is -5.29. The van der Waals surface area contributed by atoms with Crippen molar-refractivity contribution < 1.29 is 27.5 Å². The lowest BCUT2D eigenvalue weighted by molar-refractivity contribution is -0.193. The van der Waals surface area contributed by atoms with Crippen LogP contribution >= 0.6 is 0 Å². The zero-order valence-corrected chi connectivity index (χ0v) is 9.13. The van der Waals surface area contributed by atoms with Crippen molar-refractivity contribution >= 4 is 11.9 Å². The fraction of sp³-hybridized carbons (Fsp3) is 0.300. The lowest BCUT2D eigenvalue weighted by Crippen LogP contribution is -2.30. The first kappa shape index (κ1) is 13.9. The van der Waals surface area contributed by atoms with Crippen molar-refractivity contribution in [3.63, 3.8) is 0 Å². The third-order valence-corrected chi connectivity index (χ3v) is 2.01. The van der Waals surface area contributed by atoms with Gasteiger partial charge in [-0.1, -0.05) is 6.92 Å². The fourth-order valence-corrected chi connectivity index (χ4v) is 1.08. The van der Waals surface area contributed by atoms with Gasteiger partial charge in [0, 0.05) is 6.20 Å². The average molecular weight is 263 g/mol. The second-order valence-corrected chi connectivity index (χ2v) is 3.28. The maximum atomic E-state index is 11.9. The van der Waals surface area contributed by atoms with Crippen LogP contribution in [0, 0.1) is 0 Å². The van der Waals surface area contributed by atoms with Crippen LogP contribution in [-0.2, 0) is 16.0 Å². The SMILES string of the molecule is CCc1c[nH]c(=O)c(C(=O)OC(=O)C(F)(F)F)c1. The quantitative estimate of drug-likeness (QED) is 0.642. The van der Waals surface area contributed by atoms with Gasteiger partial charge in [0.1, 0.15) is 5.56 Å². The Kier molecular flexibility index (Phi) is 3.89. The Morgan fingerprint density at radius 1 is 1.39 bits per heavy atom. The number of halogens is 3. The second-order valence-electron chi connectivity index (χ2n) is 3.28. The summed E-state index contributed by atoms with van der Waals surface area (Å²) in [5.41, 5.74) is -1.06. The molecule has 0 unspecified atom stereocenters. The van der Waals surface area contributed by atoms with Gasteiger partial charge in [0.2, 0.25) is 0 Å². The number of nitrogens with one attached hydrogen (secondary N) is 1. The summed E-state index contributed by atoms with van der Waals surface area (Å²) < 4.78 is 39.1. The molecule has 1 rings (SSSR count). The minimum Gasteiger partial charge on any atom is -0.382 e. The van der Waals surface area contributed by atoms with Gasteiger partial charge in [0.15, 0.2) is 0 Å². The summed E-state index contributed by atoms with van der Waals surface area (Å²) in [6, 6.07) is 1.07. The molecular weight excluding hydrogens is 255 g/mol.